The van der Waals surface area contributed by atoms with E-state index in [9.17, 15) is 27.9 Å². The Balaban J connectivity index is 2.36. The maximum absolute atomic E-state index is 13.4. The molecule has 1 atom stereocenters. The Morgan fingerprint density at radius 2 is 1.87 bits per heavy atom. The highest BCUT2D eigenvalue weighted by Crippen LogP contribution is 2.32. The zero-order valence-electron chi connectivity index (χ0n) is 16.6. The average Bonchev–Trinajstić information content (AvgIpc) is 3.04. The summed E-state index contributed by atoms with van der Waals surface area (Å²) in [4.78, 5) is 25.3. The molecule has 0 aliphatic carbocycles. The van der Waals surface area contributed by atoms with Gasteiger partial charge in [0, 0.05) is 18.2 Å². The van der Waals surface area contributed by atoms with Crippen molar-refractivity contribution in [2.24, 2.45) is 0 Å². The summed E-state index contributed by atoms with van der Waals surface area (Å²) in [5.74, 6) is -0.706. The first-order valence-corrected chi connectivity index (χ1v) is 9.79. The highest BCUT2D eigenvalue weighted by atomic mass is 79.9. The van der Waals surface area contributed by atoms with E-state index in [0.29, 0.717) is 4.47 Å². The number of nitrogens with zero attached hydrogens (tertiary/aromatic N) is 1. The number of amides is 2. The number of halogens is 4. The lowest BCUT2D eigenvalue weighted by atomic mass is 9.97. The van der Waals surface area contributed by atoms with E-state index in [2.05, 4.69) is 21.2 Å². The zero-order valence-corrected chi connectivity index (χ0v) is 18.2. The third-order valence-electron chi connectivity index (χ3n) is 4.36. The van der Waals surface area contributed by atoms with Crippen LogP contribution in [0.25, 0.3) is 0 Å². The second-order valence-corrected chi connectivity index (χ2v) is 8.64. The quantitative estimate of drug-likeness (QED) is 0.584. The first-order valence-electron chi connectivity index (χ1n) is 8.99. The summed E-state index contributed by atoms with van der Waals surface area (Å²) in [6, 6.07) is 5.49. The van der Waals surface area contributed by atoms with Gasteiger partial charge in [-0.3, -0.25) is 4.79 Å². The molecule has 1 aromatic carbocycles. The van der Waals surface area contributed by atoms with Gasteiger partial charge in [-0.15, -0.1) is 0 Å². The van der Waals surface area contributed by atoms with Crippen molar-refractivity contribution in [1.82, 2.24) is 10.2 Å². The number of alkyl halides is 3. The van der Waals surface area contributed by atoms with E-state index in [1.807, 2.05) is 0 Å². The Morgan fingerprint density at radius 3 is 2.37 bits per heavy atom. The molecule has 0 saturated heterocycles. The molecule has 1 heterocycles. The number of carbonyl (C=O) groups excluding carboxylic acids is 1. The van der Waals surface area contributed by atoms with Crippen LogP contribution in [-0.4, -0.2) is 40.1 Å². The van der Waals surface area contributed by atoms with Gasteiger partial charge < -0.3 is 19.7 Å². The van der Waals surface area contributed by atoms with Gasteiger partial charge in [0.05, 0.1) is 16.1 Å². The minimum absolute atomic E-state index is 0.0461. The third kappa shape index (κ3) is 6.25. The second kappa shape index (κ2) is 9.11. The molecule has 0 unspecified atom stereocenters. The van der Waals surface area contributed by atoms with Gasteiger partial charge in [0.1, 0.15) is 6.26 Å². The van der Waals surface area contributed by atoms with Crippen LogP contribution in [0.1, 0.15) is 42.5 Å². The fraction of sp³-hybridized carbons (Fsp3) is 0.400. The van der Waals surface area contributed by atoms with Gasteiger partial charge in [0.2, 0.25) is 0 Å². The number of hydrogen-bond donors (Lipinski definition) is 2. The first kappa shape index (κ1) is 23.8. The van der Waals surface area contributed by atoms with Gasteiger partial charge in [0.15, 0.2) is 5.76 Å². The predicted octanol–water partition coefficient (Wildman–Crippen LogP) is 5.18. The Bertz CT molecular complexity index is 906. The monoisotopic (exact) mass is 490 g/mol. The van der Waals surface area contributed by atoms with Gasteiger partial charge in [-0.2, -0.15) is 13.2 Å². The first-order chi connectivity index (χ1) is 13.8. The van der Waals surface area contributed by atoms with E-state index < -0.39 is 35.3 Å². The third-order valence-corrected chi connectivity index (χ3v) is 4.77. The topological polar surface area (TPSA) is 82.8 Å². The van der Waals surface area contributed by atoms with Crippen LogP contribution < -0.4 is 5.32 Å². The van der Waals surface area contributed by atoms with Crippen LogP contribution in [0.15, 0.2) is 45.5 Å². The number of carbonyl (C=O) groups is 2. The van der Waals surface area contributed by atoms with Gasteiger partial charge in [-0.05, 0) is 54.8 Å². The minimum Gasteiger partial charge on any atom is -0.465 e. The number of furan rings is 1. The molecule has 0 radical (unpaired) electrons. The molecule has 0 aliphatic heterocycles. The molecular formula is C20H22BrF3N2O4. The van der Waals surface area contributed by atoms with Crippen LogP contribution in [0.2, 0.25) is 0 Å². The molecule has 0 fully saturated rings. The Morgan fingerprint density at radius 1 is 1.23 bits per heavy atom. The molecule has 164 valence electrons. The Labute approximate surface area is 180 Å². The fourth-order valence-corrected chi connectivity index (χ4v) is 3.25. The summed E-state index contributed by atoms with van der Waals surface area (Å²) in [6.07, 6.45) is -4.75. The van der Waals surface area contributed by atoms with Crippen molar-refractivity contribution in [2.45, 2.75) is 44.9 Å². The molecule has 1 aromatic heterocycles. The Kier molecular flexibility index (Phi) is 7.23. The van der Waals surface area contributed by atoms with Gasteiger partial charge in [-0.1, -0.05) is 18.2 Å². The highest BCUT2D eigenvalue weighted by Gasteiger charge is 2.35. The molecule has 0 saturated carbocycles. The van der Waals surface area contributed by atoms with Gasteiger partial charge in [-0.25, -0.2) is 4.79 Å². The summed E-state index contributed by atoms with van der Waals surface area (Å²) in [5, 5.41) is 12.2. The molecule has 0 bridgehead atoms. The molecule has 0 aliphatic rings. The molecule has 10 heteroatoms. The van der Waals surface area contributed by atoms with Crippen molar-refractivity contribution in [1.29, 1.82) is 0 Å². The number of rotatable bonds is 6. The zero-order chi connectivity index (χ0) is 22.7. The summed E-state index contributed by atoms with van der Waals surface area (Å²) >= 11 is 3.15. The van der Waals surface area contributed by atoms with Crippen LogP contribution in [0.5, 0.6) is 0 Å². The normalized spacial score (nSPS) is 13.0. The average molecular weight is 491 g/mol. The van der Waals surface area contributed by atoms with Crippen molar-refractivity contribution in [2.75, 3.05) is 6.54 Å². The highest BCUT2D eigenvalue weighted by molar-refractivity contribution is 9.10. The lowest BCUT2D eigenvalue weighted by Crippen LogP contribution is -2.53. The molecule has 6 nitrogen and oxygen atoms in total. The maximum atomic E-state index is 13.4. The molecular weight excluding hydrogens is 469 g/mol. The number of hydrogen-bond acceptors (Lipinski definition) is 3. The SMILES string of the molecule is CC(C)(C)N(C[C@@H](Cc1ccccc1C(F)(F)F)NC(=O)c1cc(Br)co1)C(=O)O. The minimum atomic E-state index is -4.58. The summed E-state index contributed by atoms with van der Waals surface area (Å²) < 4.78 is 45.8. The molecule has 2 N–H and O–H groups in total. The lowest BCUT2D eigenvalue weighted by Gasteiger charge is -2.36. The van der Waals surface area contributed by atoms with E-state index in [-0.39, 0.29) is 24.3 Å². The number of carboxylic acid groups (broad SMARTS) is 1. The van der Waals surface area contributed by atoms with Crippen LogP contribution in [-0.2, 0) is 12.6 Å². The summed E-state index contributed by atoms with van der Waals surface area (Å²) in [7, 11) is 0. The van der Waals surface area contributed by atoms with E-state index in [1.165, 1.54) is 30.5 Å². The predicted molar refractivity (Wildman–Crippen MR) is 107 cm³/mol. The van der Waals surface area contributed by atoms with E-state index in [1.54, 1.807) is 20.8 Å². The van der Waals surface area contributed by atoms with Crippen molar-refractivity contribution in [3.05, 3.63) is 58.0 Å². The maximum Gasteiger partial charge on any atom is 0.416 e. The van der Waals surface area contributed by atoms with Crippen LogP contribution >= 0.6 is 15.9 Å². The van der Waals surface area contributed by atoms with Crippen molar-refractivity contribution >= 4 is 27.9 Å². The molecule has 2 aromatic rings. The second-order valence-electron chi connectivity index (χ2n) is 7.72. The van der Waals surface area contributed by atoms with Crippen molar-refractivity contribution < 1.29 is 32.3 Å². The van der Waals surface area contributed by atoms with Gasteiger partial charge in [0.25, 0.3) is 5.91 Å². The van der Waals surface area contributed by atoms with E-state index in [0.717, 1.165) is 11.0 Å². The van der Waals surface area contributed by atoms with Crippen LogP contribution in [0.3, 0.4) is 0 Å². The standard InChI is InChI=1S/C20H22BrF3N2O4/c1-19(2,3)26(18(28)29)10-14(25-17(27)16-9-13(21)11-30-16)8-12-6-4-5-7-15(12)20(22,23)24/h4-7,9,11,14H,8,10H2,1-3H3,(H,25,27)(H,28,29)/t14-/m1/s1. The summed E-state index contributed by atoms with van der Waals surface area (Å²) in [5.41, 5.74) is -1.70. The molecule has 30 heavy (non-hydrogen) atoms. The number of nitrogens with one attached hydrogen (secondary N) is 1. The van der Waals surface area contributed by atoms with Crippen LogP contribution in [0.4, 0.5) is 18.0 Å². The van der Waals surface area contributed by atoms with E-state index in [4.69, 9.17) is 4.42 Å². The van der Waals surface area contributed by atoms with Crippen molar-refractivity contribution in [3.8, 4) is 0 Å². The molecule has 0 spiro atoms. The largest absolute Gasteiger partial charge is 0.465 e. The van der Waals surface area contributed by atoms with Crippen molar-refractivity contribution in [3.63, 3.8) is 0 Å². The number of benzene rings is 1. The van der Waals surface area contributed by atoms with Crippen LogP contribution in [0, 0.1) is 0 Å². The Hall–Kier alpha value is -2.49. The van der Waals surface area contributed by atoms with Gasteiger partial charge >= 0.3 is 12.3 Å². The van der Waals surface area contributed by atoms with E-state index >= 15 is 0 Å². The fourth-order valence-electron chi connectivity index (χ4n) is 2.95. The molecule has 2 amide bonds. The molecule has 2 rings (SSSR count). The lowest BCUT2D eigenvalue weighted by molar-refractivity contribution is -0.138. The smallest absolute Gasteiger partial charge is 0.416 e. The summed E-state index contributed by atoms with van der Waals surface area (Å²) in [6.45, 7) is 4.77.